The number of nitrogens with one attached hydrogen (secondary N) is 3. The van der Waals surface area contributed by atoms with Crippen molar-refractivity contribution in [2.24, 2.45) is 21.1 Å². The number of carbonyl (C=O) groups excluding carboxylic acids is 1. The molecule has 2 aromatic carbocycles. The van der Waals surface area contributed by atoms with E-state index in [1.165, 1.54) is 0 Å². The second-order valence-electron chi connectivity index (χ2n) is 8.17. The lowest BCUT2D eigenvalue weighted by molar-refractivity contribution is 0.0940. The van der Waals surface area contributed by atoms with Gasteiger partial charge in [0, 0.05) is 17.2 Å². The van der Waals surface area contributed by atoms with E-state index in [9.17, 15) is 4.79 Å². The Hall–Kier alpha value is -3.26. The van der Waals surface area contributed by atoms with E-state index in [4.69, 9.17) is 4.74 Å². The highest BCUT2D eigenvalue weighted by molar-refractivity contribution is 5.95. The zero-order valence-corrected chi connectivity index (χ0v) is 18.5. The molecule has 0 radical (unpaired) electrons. The lowest BCUT2D eigenvalue weighted by Gasteiger charge is -2.23. The van der Waals surface area contributed by atoms with E-state index in [2.05, 4.69) is 31.2 Å². The largest absolute Gasteiger partial charge is 0.497 e. The molecule has 2 atom stereocenters. The zero-order chi connectivity index (χ0) is 22.3. The van der Waals surface area contributed by atoms with Crippen LogP contribution in [-0.4, -0.2) is 44.7 Å². The van der Waals surface area contributed by atoms with Crippen LogP contribution in [0.3, 0.4) is 0 Å². The number of rotatable bonds is 8. The van der Waals surface area contributed by atoms with Crippen LogP contribution in [0.25, 0.3) is 0 Å². The number of carbonyl (C=O) groups is 1. The second-order valence-corrected chi connectivity index (χ2v) is 8.17. The summed E-state index contributed by atoms with van der Waals surface area (Å²) in [6.07, 6.45) is 2.11. The number of hydrogen-bond donors (Lipinski definition) is 3. The van der Waals surface area contributed by atoms with E-state index < -0.39 is 0 Å². The molecule has 3 N–H and O–H groups in total. The number of azo groups is 1. The molecule has 0 aromatic heterocycles. The maximum atomic E-state index is 12.8. The highest BCUT2D eigenvalue weighted by atomic mass is 16.5. The molecule has 2 aliphatic rings. The Morgan fingerprint density at radius 2 is 2.00 bits per heavy atom. The SMILES string of the molecule is COc1cccc([C@@H](C)NC(=O)c2cccc(NCC3=NC(C4CCNCC4)N=N3)c2)c1. The minimum atomic E-state index is -0.144. The number of amidine groups is 1. The first-order valence-electron chi connectivity index (χ1n) is 11.1. The number of methoxy groups -OCH3 is 1. The number of amides is 1. The Bertz CT molecular complexity index is 999. The quantitative estimate of drug-likeness (QED) is 0.589. The van der Waals surface area contributed by atoms with Crippen molar-refractivity contribution >= 4 is 17.4 Å². The van der Waals surface area contributed by atoms with Gasteiger partial charge in [0.25, 0.3) is 5.91 Å². The number of aliphatic imine (C=N–C) groups is 1. The first-order valence-corrected chi connectivity index (χ1v) is 11.1. The summed E-state index contributed by atoms with van der Waals surface area (Å²) in [7, 11) is 1.63. The van der Waals surface area contributed by atoms with E-state index in [0.29, 0.717) is 23.9 Å². The summed E-state index contributed by atoms with van der Waals surface area (Å²) in [5.74, 6) is 1.81. The predicted molar refractivity (Wildman–Crippen MR) is 125 cm³/mol. The van der Waals surface area contributed by atoms with E-state index in [0.717, 1.165) is 42.9 Å². The van der Waals surface area contributed by atoms with Crippen LogP contribution in [0.4, 0.5) is 5.69 Å². The average molecular weight is 435 g/mol. The molecular weight excluding hydrogens is 404 g/mol. The summed E-state index contributed by atoms with van der Waals surface area (Å²) in [4.78, 5) is 17.5. The van der Waals surface area contributed by atoms with Crippen molar-refractivity contribution in [3.8, 4) is 5.75 Å². The number of piperidine rings is 1. The molecule has 0 saturated carbocycles. The smallest absolute Gasteiger partial charge is 0.251 e. The molecule has 1 amide bonds. The summed E-state index contributed by atoms with van der Waals surface area (Å²) < 4.78 is 5.27. The monoisotopic (exact) mass is 434 g/mol. The Morgan fingerprint density at radius 1 is 1.19 bits per heavy atom. The third-order valence-electron chi connectivity index (χ3n) is 5.89. The van der Waals surface area contributed by atoms with Gasteiger partial charge in [0.05, 0.1) is 19.7 Å². The lowest BCUT2D eigenvalue weighted by Crippen LogP contribution is -2.32. The minimum Gasteiger partial charge on any atom is -0.497 e. The van der Waals surface area contributed by atoms with Crippen LogP contribution in [0.1, 0.15) is 41.7 Å². The Balaban J connectivity index is 1.33. The molecule has 8 nitrogen and oxygen atoms in total. The van der Waals surface area contributed by atoms with Gasteiger partial charge in [-0.15, -0.1) is 5.11 Å². The summed E-state index contributed by atoms with van der Waals surface area (Å²) in [6, 6.07) is 15.0. The third-order valence-corrected chi connectivity index (χ3v) is 5.89. The molecule has 1 saturated heterocycles. The molecule has 2 heterocycles. The van der Waals surface area contributed by atoms with Crippen LogP contribution >= 0.6 is 0 Å². The number of benzene rings is 2. The molecule has 1 fully saturated rings. The van der Waals surface area contributed by atoms with Crippen molar-refractivity contribution in [1.29, 1.82) is 0 Å². The van der Waals surface area contributed by atoms with Crippen LogP contribution in [0.15, 0.2) is 63.8 Å². The van der Waals surface area contributed by atoms with E-state index >= 15 is 0 Å². The van der Waals surface area contributed by atoms with Crippen LogP contribution in [-0.2, 0) is 0 Å². The Morgan fingerprint density at radius 3 is 2.81 bits per heavy atom. The minimum absolute atomic E-state index is 0.0517. The molecule has 2 aliphatic heterocycles. The van der Waals surface area contributed by atoms with Gasteiger partial charge in [-0.1, -0.05) is 18.2 Å². The molecule has 0 bridgehead atoms. The standard InChI is InChI=1S/C24H30N6O2/c1-16(18-5-4-8-21(14-18)32-2)27-24(31)19-6-3-7-20(13-19)26-15-22-28-23(30-29-22)17-9-11-25-12-10-17/h3-8,13-14,16-17,23,25-26H,9-12,15H2,1-2H3,(H,27,31)/t16-,23?/m1/s1. The fraction of sp³-hybridized carbons (Fsp3) is 0.417. The van der Waals surface area contributed by atoms with Crippen molar-refractivity contribution in [3.05, 3.63) is 59.7 Å². The summed E-state index contributed by atoms with van der Waals surface area (Å²) in [5, 5.41) is 18.3. The van der Waals surface area contributed by atoms with Gasteiger partial charge in [-0.05, 0) is 68.8 Å². The molecule has 4 rings (SSSR count). The van der Waals surface area contributed by atoms with Gasteiger partial charge in [0.15, 0.2) is 12.0 Å². The van der Waals surface area contributed by atoms with Gasteiger partial charge in [-0.25, -0.2) is 4.99 Å². The maximum Gasteiger partial charge on any atom is 0.251 e. The van der Waals surface area contributed by atoms with Crippen molar-refractivity contribution in [2.45, 2.75) is 32.0 Å². The van der Waals surface area contributed by atoms with Crippen LogP contribution in [0.2, 0.25) is 0 Å². The Kier molecular flexibility index (Phi) is 7.11. The highest BCUT2D eigenvalue weighted by Crippen LogP contribution is 2.24. The van der Waals surface area contributed by atoms with E-state index in [1.807, 2.05) is 49.4 Å². The number of nitrogens with zero attached hydrogens (tertiary/aromatic N) is 3. The van der Waals surface area contributed by atoms with Gasteiger partial charge in [0.2, 0.25) is 0 Å². The molecule has 8 heteroatoms. The van der Waals surface area contributed by atoms with Gasteiger partial charge < -0.3 is 20.7 Å². The summed E-state index contributed by atoms with van der Waals surface area (Å²) >= 11 is 0. The van der Waals surface area contributed by atoms with Gasteiger partial charge in [-0.2, -0.15) is 5.11 Å². The average Bonchev–Trinajstić information content (AvgIpc) is 3.32. The van der Waals surface area contributed by atoms with Crippen molar-refractivity contribution in [2.75, 3.05) is 32.1 Å². The first kappa shape index (κ1) is 22.0. The van der Waals surface area contributed by atoms with Crippen LogP contribution in [0.5, 0.6) is 5.75 Å². The van der Waals surface area contributed by atoms with Crippen molar-refractivity contribution < 1.29 is 9.53 Å². The topological polar surface area (TPSA) is 99.5 Å². The first-order chi connectivity index (χ1) is 15.6. The zero-order valence-electron chi connectivity index (χ0n) is 18.5. The summed E-state index contributed by atoms with van der Waals surface area (Å²) in [6.45, 7) is 4.48. The lowest BCUT2D eigenvalue weighted by atomic mass is 9.95. The normalized spacial score (nSPS) is 19.3. The fourth-order valence-corrected chi connectivity index (χ4v) is 3.98. The van der Waals surface area contributed by atoms with Crippen LogP contribution < -0.4 is 20.7 Å². The molecular formula is C24H30N6O2. The number of anilines is 1. The van der Waals surface area contributed by atoms with Crippen molar-refractivity contribution in [3.63, 3.8) is 0 Å². The van der Waals surface area contributed by atoms with Gasteiger partial charge in [-0.3, -0.25) is 4.79 Å². The molecule has 1 unspecified atom stereocenters. The van der Waals surface area contributed by atoms with Crippen LogP contribution in [0, 0.1) is 5.92 Å². The van der Waals surface area contributed by atoms with Crippen molar-refractivity contribution in [1.82, 2.24) is 10.6 Å². The summed E-state index contributed by atoms with van der Waals surface area (Å²) in [5.41, 5.74) is 2.42. The van der Waals surface area contributed by atoms with Gasteiger partial charge in [0.1, 0.15) is 5.75 Å². The molecule has 0 aliphatic carbocycles. The number of hydrogen-bond acceptors (Lipinski definition) is 7. The van der Waals surface area contributed by atoms with E-state index in [-0.39, 0.29) is 18.1 Å². The molecule has 2 aromatic rings. The van der Waals surface area contributed by atoms with Gasteiger partial charge >= 0.3 is 0 Å². The highest BCUT2D eigenvalue weighted by Gasteiger charge is 2.26. The number of ether oxygens (including phenoxy) is 1. The fourth-order valence-electron chi connectivity index (χ4n) is 3.98. The van der Waals surface area contributed by atoms with E-state index in [1.54, 1.807) is 13.2 Å². The maximum absolute atomic E-state index is 12.8. The molecule has 168 valence electrons. The predicted octanol–water partition coefficient (Wildman–Crippen LogP) is 3.79. The molecule has 32 heavy (non-hydrogen) atoms. The Labute approximate surface area is 188 Å². The second kappa shape index (κ2) is 10.4. The third kappa shape index (κ3) is 5.50. The molecule has 0 spiro atoms.